The van der Waals surface area contributed by atoms with Gasteiger partial charge in [0.05, 0.1) is 49.1 Å². The molecule has 15 unspecified atom stereocenters. The van der Waals surface area contributed by atoms with Crippen LogP contribution in [0.3, 0.4) is 0 Å². The molecule has 5 rings (SSSR count). The van der Waals surface area contributed by atoms with Crippen molar-refractivity contribution in [2.24, 2.45) is 17.6 Å². The predicted octanol–water partition coefficient (Wildman–Crippen LogP) is -1.51. The first-order valence-corrected chi connectivity index (χ1v) is 19.0. The van der Waals surface area contributed by atoms with Crippen molar-refractivity contribution in [1.29, 1.82) is 0 Å². The number of alkyl carbamates (subject to hydrolysis) is 1. The van der Waals surface area contributed by atoms with Crippen LogP contribution in [-0.4, -0.2) is 158 Å². The number of aliphatic hydroxyl groups is 7. The second kappa shape index (κ2) is 20.1. The fourth-order valence-corrected chi connectivity index (χ4v) is 7.52. The van der Waals surface area contributed by atoms with Gasteiger partial charge < -0.3 is 75.9 Å². The van der Waals surface area contributed by atoms with Gasteiger partial charge in [0.1, 0.15) is 49.3 Å². The maximum Gasteiger partial charge on any atom is 0.407 e. The number of hydroxylamine groups is 2. The van der Waals surface area contributed by atoms with Crippen LogP contribution in [-0.2, 0) is 30.4 Å². The van der Waals surface area contributed by atoms with Gasteiger partial charge >= 0.3 is 18.1 Å². The molecule has 2 heterocycles. The summed E-state index contributed by atoms with van der Waals surface area (Å²) in [7, 11) is 0. The summed E-state index contributed by atoms with van der Waals surface area (Å²) in [4.78, 5) is 45.1. The Morgan fingerprint density at radius 3 is 2.18 bits per heavy atom. The molecule has 0 radical (unpaired) electrons. The summed E-state index contributed by atoms with van der Waals surface area (Å²) < 4.78 is 23.1. The summed E-state index contributed by atoms with van der Waals surface area (Å²) in [5.74, 6) is -2.49. The summed E-state index contributed by atoms with van der Waals surface area (Å²) in [6.07, 6.45) is -16.6. The van der Waals surface area contributed by atoms with Crippen molar-refractivity contribution in [3.05, 3.63) is 71.8 Å². The number of amides is 3. The highest BCUT2D eigenvalue weighted by atomic mass is 16.7. The number of carbonyl (C=O) groups excluding carboxylic acids is 3. The van der Waals surface area contributed by atoms with Gasteiger partial charge in [-0.3, -0.25) is 0 Å². The van der Waals surface area contributed by atoms with Crippen LogP contribution in [0.1, 0.15) is 42.6 Å². The average molecular weight is 807 g/mol. The molecule has 2 aromatic rings. The molecule has 19 heteroatoms. The van der Waals surface area contributed by atoms with Crippen molar-refractivity contribution in [2.75, 3.05) is 19.7 Å². The summed E-state index contributed by atoms with van der Waals surface area (Å²) >= 11 is 0. The van der Waals surface area contributed by atoms with Crippen molar-refractivity contribution in [3.8, 4) is 0 Å². The molecule has 57 heavy (non-hydrogen) atoms. The molecule has 11 N–H and O–H groups in total. The SMILES string of the molecule is CCC1OC(C2C(C)CC(NC(=O)N(CCNC(=O)OCc3ccccc3)OC(=O)c3ccccc3)C(OC3OC(CO)C(O)C(N)C3O)C2O)C(O)C(O)C1O. The number of ether oxygens (including phenoxy) is 4. The second-order valence-corrected chi connectivity index (χ2v) is 14.6. The lowest BCUT2D eigenvalue weighted by Crippen LogP contribution is -2.68. The Morgan fingerprint density at radius 1 is 0.860 bits per heavy atom. The van der Waals surface area contributed by atoms with Crippen molar-refractivity contribution < 1.29 is 73.9 Å². The number of benzene rings is 2. The second-order valence-electron chi connectivity index (χ2n) is 14.6. The maximum atomic E-state index is 14.0. The first-order chi connectivity index (χ1) is 27.2. The topological polar surface area (TPSA) is 292 Å². The molecule has 3 fully saturated rings. The average Bonchev–Trinajstić information content (AvgIpc) is 3.21. The number of nitrogens with one attached hydrogen (secondary N) is 2. The third kappa shape index (κ3) is 10.6. The lowest BCUT2D eigenvalue weighted by molar-refractivity contribution is -0.312. The molecule has 0 aromatic heterocycles. The van der Waals surface area contributed by atoms with Crippen LogP contribution in [0.2, 0.25) is 0 Å². The number of hydrogen-bond acceptors (Lipinski definition) is 16. The van der Waals surface area contributed by atoms with E-state index in [9.17, 15) is 50.1 Å². The Kier molecular flexibility index (Phi) is 15.6. The molecule has 2 aliphatic heterocycles. The van der Waals surface area contributed by atoms with E-state index in [2.05, 4.69) is 10.6 Å². The standard InChI is InChI=1S/C38H54N4O15/c1-3-23-28(45)31(48)32(49)34(54-23)25-19(2)16-22(33(29(25)46)56-36-30(47)26(39)27(44)24(17-43)55-36)41-37(51)42(57-35(50)21-12-8-5-9-13-21)15-14-40-38(52)53-18-20-10-6-4-7-11-20/h4-13,19,22-34,36,43-49H,3,14-18,39H2,1-2H3,(H,40,52)(H,41,51). The van der Waals surface area contributed by atoms with E-state index >= 15 is 0 Å². The van der Waals surface area contributed by atoms with Crippen LogP contribution < -0.4 is 16.4 Å². The van der Waals surface area contributed by atoms with Gasteiger partial charge in [-0.2, -0.15) is 5.06 Å². The van der Waals surface area contributed by atoms with Gasteiger partial charge in [-0.15, -0.1) is 0 Å². The van der Waals surface area contributed by atoms with Gasteiger partial charge in [-0.05, 0) is 36.5 Å². The van der Waals surface area contributed by atoms with E-state index in [1.54, 1.807) is 56.3 Å². The van der Waals surface area contributed by atoms with Crippen molar-refractivity contribution >= 4 is 18.1 Å². The van der Waals surface area contributed by atoms with Gasteiger partial charge in [-0.1, -0.05) is 62.4 Å². The van der Waals surface area contributed by atoms with E-state index in [4.69, 9.17) is 29.5 Å². The van der Waals surface area contributed by atoms with E-state index in [1.165, 1.54) is 12.1 Å². The minimum absolute atomic E-state index is 0.00557. The molecule has 0 bridgehead atoms. The van der Waals surface area contributed by atoms with E-state index in [0.29, 0.717) is 5.06 Å². The molecule has 316 valence electrons. The number of aliphatic hydroxyl groups excluding tert-OH is 7. The largest absolute Gasteiger partial charge is 0.445 e. The van der Waals surface area contributed by atoms with Crippen molar-refractivity contribution in [2.45, 2.75) is 113 Å². The summed E-state index contributed by atoms with van der Waals surface area (Å²) in [6, 6.07) is 13.2. The number of nitrogens with two attached hydrogens (primary N) is 1. The normalized spacial score (nSPS) is 35.4. The zero-order valence-electron chi connectivity index (χ0n) is 31.6. The van der Waals surface area contributed by atoms with Crippen LogP contribution in [0, 0.1) is 11.8 Å². The van der Waals surface area contributed by atoms with Gasteiger partial charge in [0.2, 0.25) is 0 Å². The highest BCUT2D eigenvalue weighted by Crippen LogP contribution is 2.41. The van der Waals surface area contributed by atoms with Crippen molar-refractivity contribution in [1.82, 2.24) is 15.7 Å². The number of urea groups is 1. The number of nitrogens with zero attached hydrogens (tertiary/aromatic N) is 1. The van der Waals surface area contributed by atoms with Crippen molar-refractivity contribution in [3.63, 3.8) is 0 Å². The summed E-state index contributed by atoms with van der Waals surface area (Å²) in [5, 5.41) is 81.5. The van der Waals surface area contributed by atoms with E-state index in [-0.39, 0.29) is 38.1 Å². The minimum Gasteiger partial charge on any atom is -0.445 e. The van der Waals surface area contributed by atoms with Crippen LogP contribution in [0.4, 0.5) is 9.59 Å². The Morgan fingerprint density at radius 2 is 1.53 bits per heavy atom. The first kappa shape index (κ1) is 44.1. The van der Waals surface area contributed by atoms with Crippen LogP contribution in [0.25, 0.3) is 0 Å². The monoisotopic (exact) mass is 806 g/mol. The highest BCUT2D eigenvalue weighted by Gasteiger charge is 2.55. The molecule has 0 spiro atoms. The van der Waals surface area contributed by atoms with Crippen LogP contribution in [0.15, 0.2) is 60.7 Å². The molecule has 3 amide bonds. The molecule has 15 atom stereocenters. The molecule has 3 aliphatic rings. The first-order valence-electron chi connectivity index (χ1n) is 19.0. The van der Waals surface area contributed by atoms with E-state index in [0.717, 1.165) is 5.56 Å². The van der Waals surface area contributed by atoms with Gasteiger partial charge in [0.25, 0.3) is 0 Å². The summed E-state index contributed by atoms with van der Waals surface area (Å²) in [6.45, 7) is 2.09. The zero-order chi connectivity index (χ0) is 41.4. The van der Waals surface area contributed by atoms with Gasteiger partial charge in [0, 0.05) is 12.5 Å². The lowest BCUT2D eigenvalue weighted by Gasteiger charge is -2.52. The van der Waals surface area contributed by atoms with Crippen LogP contribution in [0.5, 0.6) is 0 Å². The van der Waals surface area contributed by atoms with Gasteiger partial charge in [-0.25, -0.2) is 14.4 Å². The third-order valence-electron chi connectivity index (χ3n) is 10.7. The molecule has 1 saturated carbocycles. The van der Waals surface area contributed by atoms with Crippen LogP contribution >= 0.6 is 0 Å². The fourth-order valence-electron chi connectivity index (χ4n) is 7.52. The Labute approximate surface area is 329 Å². The molecule has 1 aliphatic carbocycles. The molecule has 2 saturated heterocycles. The smallest absolute Gasteiger partial charge is 0.407 e. The quantitative estimate of drug-likeness (QED) is 0.109. The maximum absolute atomic E-state index is 14.0. The Hall–Kier alpha value is -3.99. The molecule has 2 aromatic carbocycles. The zero-order valence-corrected chi connectivity index (χ0v) is 31.6. The Bertz CT molecular complexity index is 1590. The van der Waals surface area contributed by atoms with Gasteiger partial charge in [0.15, 0.2) is 6.29 Å². The Balaban J connectivity index is 1.37. The fraction of sp³-hybridized carbons (Fsp3) is 0.605. The minimum atomic E-state index is -1.68. The number of carbonyl (C=O) groups is 3. The third-order valence-corrected chi connectivity index (χ3v) is 10.7. The number of hydrogen-bond donors (Lipinski definition) is 10. The molecular formula is C38H54N4O15. The molecule has 19 nitrogen and oxygen atoms in total. The number of rotatable bonds is 12. The van der Waals surface area contributed by atoms with E-state index in [1.807, 2.05) is 6.07 Å². The predicted molar refractivity (Wildman–Crippen MR) is 196 cm³/mol. The lowest BCUT2D eigenvalue weighted by atomic mass is 9.69. The summed E-state index contributed by atoms with van der Waals surface area (Å²) in [5.41, 5.74) is 6.88. The molecular weight excluding hydrogens is 752 g/mol. The highest BCUT2D eigenvalue weighted by molar-refractivity contribution is 5.90. The van der Waals surface area contributed by atoms with E-state index < -0.39 is 116 Å².